The van der Waals surface area contributed by atoms with Crippen LogP contribution in [0.3, 0.4) is 0 Å². The third-order valence-electron chi connectivity index (χ3n) is 2.23. The predicted molar refractivity (Wildman–Crippen MR) is 37.0 cm³/mol. The van der Waals surface area contributed by atoms with E-state index in [0.29, 0.717) is 0 Å². The molecular weight excluding hydrogens is 130 g/mol. The molecule has 2 rings (SSSR count). The van der Waals surface area contributed by atoms with Gasteiger partial charge in [0.25, 0.3) is 0 Å². The highest BCUT2D eigenvalue weighted by atomic mass is 16.5. The van der Waals surface area contributed by atoms with E-state index in [0.717, 1.165) is 39.3 Å². The lowest BCUT2D eigenvalue weighted by Crippen LogP contribution is -2.61. The summed E-state index contributed by atoms with van der Waals surface area (Å²) < 4.78 is 10.9. The smallest absolute Gasteiger partial charge is 0.0952 e. The normalized spacial score (nSPS) is 31.2. The van der Waals surface area contributed by atoms with Gasteiger partial charge in [0, 0.05) is 26.1 Å². The largest absolute Gasteiger partial charge is 0.379 e. The first-order valence-electron chi connectivity index (χ1n) is 3.84. The van der Waals surface area contributed by atoms with Gasteiger partial charge >= 0.3 is 0 Å². The Morgan fingerprint density at radius 1 is 1.10 bits per heavy atom. The molecule has 0 saturated carbocycles. The van der Waals surface area contributed by atoms with E-state index in [9.17, 15) is 0 Å². The molecule has 0 radical (unpaired) electrons. The van der Waals surface area contributed by atoms with E-state index >= 15 is 0 Å². The maximum atomic E-state index is 5.64. The number of nitrogens with one attached hydrogen (secondary N) is 1. The van der Waals surface area contributed by atoms with E-state index in [4.69, 9.17) is 9.47 Å². The van der Waals surface area contributed by atoms with Crippen molar-refractivity contribution >= 4 is 0 Å². The lowest BCUT2D eigenvalue weighted by molar-refractivity contribution is -0.0741. The highest BCUT2D eigenvalue weighted by Gasteiger charge is 2.38. The van der Waals surface area contributed by atoms with Crippen LogP contribution in [0.5, 0.6) is 0 Å². The molecule has 2 fully saturated rings. The van der Waals surface area contributed by atoms with Gasteiger partial charge in [0.15, 0.2) is 0 Å². The van der Waals surface area contributed by atoms with Gasteiger partial charge in [0.05, 0.1) is 18.8 Å². The molecule has 2 aliphatic rings. The Kier molecular flexibility index (Phi) is 1.64. The molecule has 0 bridgehead atoms. The molecule has 0 amide bonds. The summed E-state index contributed by atoms with van der Waals surface area (Å²) in [4.78, 5) is 0. The van der Waals surface area contributed by atoms with Crippen molar-refractivity contribution in [1.29, 1.82) is 0 Å². The third kappa shape index (κ3) is 1.05. The lowest BCUT2D eigenvalue weighted by Gasteiger charge is -2.41. The molecule has 0 aliphatic carbocycles. The van der Waals surface area contributed by atoms with Gasteiger partial charge in [0.2, 0.25) is 0 Å². The van der Waals surface area contributed by atoms with E-state index in [1.807, 2.05) is 0 Å². The van der Waals surface area contributed by atoms with Crippen molar-refractivity contribution in [1.82, 2.24) is 5.32 Å². The Morgan fingerprint density at radius 3 is 2.70 bits per heavy atom. The summed E-state index contributed by atoms with van der Waals surface area (Å²) in [6.45, 7) is 4.41. The van der Waals surface area contributed by atoms with Crippen molar-refractivity contribution in [2.24, 2.45) is 0 Å². The average molecular weight is 143 g/mol. The van der Waals surface area contributed by atoms with Crippen LogP contribution in [0.25, 0.3) is 0 Å². The maximum Gasteiger partial charge on any atom is 0.0952 e. The summed E-state index contributed by atoms with van der Waals surface area (Å²) in [7, 11) is 0. The molecule has 2 aliphatic heterocycles. The molecule has 0 aromatic rings. The fourth-order valence-electron chi connectivity index (χ4n) is 1.43. The fraction of sp³-hybridized carbons (Fsp3) is 1.00. The Bertz CT molecular complexity index is 113. The first-order chi connectivity index (χ1) is 4.91. The molecule has 3 heteroatoms. The minimum Gasteiger partial charge on any atom is -0.379 e. The second-order valence-corrected chi connectivity index (χ2v) is 3.00. The van der Waals surface area contributed by atoms with Gasteiger partial charge < -0.3 is 14.8 Å². The van der Waals surface area contributed by atoms with Crippen LogP contribution in [0.4, 0.5) is 0 Å². The Hall–Kier alpha value is -0.120. The average Bonchev–Trinajstić information content (AvgIpc) is 2.08. The Balaban J connectivity index is 1.92. The molecule has 3 nitrogen and oxygen atoms in total. The van der Waals surface area contributed by atoms with Crippen molar-refractivity contribution in [2.45, 2.75) is 12.0 Å². The molecule has 58 valence electrons. The summed E-state index contributed by atoms with van der Waals surface area (Å²) in [5.41, 5.74) is 0.149. The summed E-state index contributed by atoms with van der Waals surface area (Å²) in [5.74, 6) is 0. The standard InChI is InChI=1S/C7H13NO2/c1-2-9-3-4-10-7(1)5-8-6-7/h8H,1-6H2. The van der Waals surface area contributed by atoms with Crippen LogP contribution < -0.4 is 5.32 Å². The molecule has 10 heavy (non-hydrogen) atoms. The third-order valence-corrected chi connectivity index (χ3v) is 2.23. The van der Waals surface area contributed by atoms with Gasteiger partial charge in [-0.1, -0.05) is 0 Å². The summed E-state index contributed by atoms with van der Waals surface area (Å²) in [5, 5.41) is 3.22. The van der Waals surface area contributed by atoms with Crippen LogP contribution in [0.2, 0.25) is 0 Å². The number of rotatable bonds is 0. The first kappa shape index (κ1) is 6.58. The number of ether oxygens (including phenoxy) is 2. The topological polar surface area (TPSA) is 30.5 Å². The Morgan fingerprint density at radius 2 is 2.00 bits per heavy atom. The van der Waals surface area contributed by atoms with Crippen LogP contribution >= 0.6 is 0 Å². The van der Waals surface area contributed by atoms with Gasteiger partial charge in [-0.15, -0.1) is 0 Å². The van der Waals surface area contributed by atoms with E-state index in [1.165, 1.54) is 0 Å². The predicted octanol–water partition coefficient (Wildman–Crippen LogP) is -0.235. The van der Waals surface area contributed by atoms with Gasteiger partial charge in [-0.25, -0.2) is 0 Å². The SMILES string of the molecule is C1COC2(CCO1)CNC2. The highest BCUT2D eigenvalue weighted by molar-refractivity contribution is 4.95. The van der Waals surface area contributed by atoms with Crippen LogP contribution in [0.15, 0.2) is 0 Å². The lowest BCUT2D eigenvalue weighted by atomic mass is 9.93. The van der Waals surface area contributed by atoms with Crippen molar-refractivity contribution < 1.29 is 9.47 Å². The minimum atomic E-state index is 0.149. The monoisotopic (exact) mass is 143 g/mol. The Labute approximate surface area is 60.7 Å². The second-order valence-electron chi connectivity index (χ2n) is 3.00. The molecule has 0 atom stereocenters. The van der Waals surface area contributed by atoms with Crippen LogP contribution in [0.1, 0.15) is 6.42 Å². The van der Waals surface area contributed by atoms with Gasteiger partial charge in [-0.3, -0.25) is 0 Å². The molecule has 0 aromatic heterocycles. The quantitative estimate of drug-likeness (QED) is 0.508. The molecule has 0 aromatic carbocycles. The van der Waals surface area contributed by atoms with Crippen molar-refractivity contribution in [2.75, 3.05) is 32.9 Å². The zero-order valence-corrected chi connectivity index (χ0v) is 6.06. The summed E-state index contributed by atoms with van der Waals surface area (Å²) >= 11 is 0. The molecule has 2 heterocycles. The van der Waals surface area contributed by atoms with Gasteiger partial charge in [-0.2, -0.15) is 0 Å². The highest BCUT2D eigenvalue weighted by Crippen LogP contribution is 2.22. The van der Waals surface area contributed by atoms with E-state index in [1.54, 1.807) is 0 Å². The molecule has 2 saturated heterocycles. The van der Waals surface area contributed by atoms with Crippen molar-refractivity contribution in [3.63, 3.8) is 0 Å². The zero-order chi connectivity index (χ0) is 6.86. The molecular formula is C7H13NO2. The van der Waals surface area contributed by atoms with E-state index in [-0.39, 0.29) is 5.60 Å². The van der Waals surface area contributed by atoms with Crippen LogP contribution in [0, 0.1) is 0 Å². The number of hydrogen-bond donors (Lipinski definition) is 1. The molecule has 1 spiro atoms. The van der Waals surface area contributed by atoms with E-state index < -0.39 is 0 Å². The second kappa shape index (κ2) is 2.49. The van der Waals surface area contributed by atoms with Gasteiger partial charge in [-0.05, 0) is 0 Å². The van der Waals surface area contributed by atoms with Crippen molar-refractivity contribution in [3.8, 4) is 0 Å². The zero-order valence-electron chi connectivity index (χ0n) is 6.06. The van der Waals surface area contributed by atoms with Crippen LogP contribution in [-0.2, 0) is 9.47 Å². The minimum absolute atomic E-state index is 0.149. The summed E-state index contributed by atoms with van der Waals surface area (Å²) in [6, 6.07) is 0. The van der Waals surface area contributed by atoms with Crippen molar-refractivity contribution in [3.05, 3.63) is 0 Å². The summed E-state index contributed by atoms with van der Waals surface area (Å²) in [6.07, 6.45) is 1.06. The maximum absolute atomic E-state index is 5.64. The van der Waals surface area contributed by atoms with Crippen LogP contribution in [-0.4, -0.2) is 38.5 Å². The van der Waals surface area contributed by atoms with E-state index in [2.05, 4.69) is 5.32 Å². The fourth-order valence-corrected chi connectivity index (χ4v) is 1.43. The number of hydrogen-bond acceptors (Lipinski definition) is 3. The first-order valence-corrected chi connectivity index (χ1v) is 3.84. The molecule has 1 N–H and O–H groups in total. The van der Waals surface area contributed by atoms with Gasteiger partial charge in [0.1, 0.15) is 0 Å². The molecule has 0 unspecified atom stereocenters.